The van der Waals surface area contributed by atoms with Crippen LogP contribution in [0.3, 0.4) is 0 Å². The molecule has 1 N–H and O–H groups in total. The number of rotatable bonds is 4. The van der Waals surface area contributed by atoms with Gasteiger partial charge < -0.3 is 14.8 Å². The number of fused-ring (bicyclic) bond motifs is 2. The van der Waals surface area contributed by atoms with Crippen molar-refractivity contribution in [1.29, 1.82) is 0 Å². The number of Topliss-reactive ketones (excluding diaryl/α,β-unsaturated/α-hetero) is 1. The molecule has 0 aromatic heterocycles. The molecule has 2 atom stereocenters. The quantitative estimate of drug-likeness (QED) is 0.775. The molecular weight excluding hydrogens is 398 g/mol. The van der Waals surface area contributed by atoms with Gasteiger partial charge in [0.25, 0.3) is 0 Å². The lowest BCUT2D eigenvalue weighted by atomic mass is 9.98. The smallest absolute Gasteiger partial charge is 0.413 e. The number of benzene rings is 2. The third kappa shape index (κ3) is 3.36. The number of halogens is 2. The van der Waals surface area contributed by atoms with Gasteiger partial charge in [0.2, 0.25) is 12.1 Å². The number of cyclic esters (lactones) is 1. The second-order valence-corrected chi connectivity index (χ2v) is 7.15. The summed E-state index contributed by atoms with van der Waals surface area (Å²) < 4.78 is 41.0. The van der Waals surface area contributed by atoms with Gasteiger partial charge in [0.1, 0.15) is 17.4 Å². The number of carbonyl (C=O) groups excluding carboxylic acids is 3. The van der Waals surface area contributed by atoms with Crippen LogP contribution in [-0.4, -0.2) is 41.6 Å². The first-order valence-electron chi connectivity index (χ1n) is 9.27. The number of nitrogens with zero attached hydrogens (tertiary/aromatic N) is 1. The molecular formula is C21H18F2N2O5. The number of hydrogen-bond donors (Lipinski definition) is 1. The van der Waals surface area contributed by atoms with Crippen LogP contribution in [0.2, 0.25) is 0 Å². The van der Waals surface area contributed by atoms with Crippen molar-refractivity contribution in [2.75, 3.05) is 6.54 Å². The van der Waals surface area contributed by atoms with Gasteiger partial charge in [-0.3, -0.25) is 14.5 Å². The molecule has 4 rings (SSSR count). The van der Waals surface area contributed by atoms with Crippen LogP contribution in [-0.2, 0) is 16.1 Å². The average Bonchev–Trinajstić information content (AvgIpc) is 3.00. The van der Waals surface area contributed by atoms with Crippen molar-refractivity contribution in [3.8, 4) is 16.9 Å². The van der Waals surface area contributed by atoms with Gasteiger partial charge in [-0.1, -0.05) is 24.3 Å². The van der Waals surface area contributed by atoms with E-state index in [-0.39, 0.29) is 47.2 Å². The Kier molecular flexibility index (Phi) is 4.89. The predicted octanol–water partition coefficient (Wildman–Crippen LogP) is 3.01. The van der Waals surface area contributed by atoms with Gasteiger partial charge >= 0.3 is 6.09 Å². The Morgan fingerprint density at radius 3 is 2.50 bits per heavy atom. The number of amides is 2. The van der Waals surface area contributed by atoms with Crippen LogP contribution in [0.4, 0.5) is 13.6 Å². The van der Waals surface area contributed by atoms with Gasteiger partial charge in [-0.2, -0.15) is 0 Å². The fraction of sp³-hybridized carbons (Fsp3) is 0.286. The highest BCUT2D eigenvalue weighted by Crippen LogP contribution is 2.40. The van der Waals surface area contributed by atoms with Gasteiger partial charge in [0.05, 0.1) is 24.2 Å². The summed E-state index contributed by atoms with van der Waals surface area (Å²) in [6, 6.07) is 6.98. The Bertz CT molecular complexity index is 1050. The first-order valence-corrected chi connectivity index (χ1v) is 9.27. The van der Waals surface area contributed by atoms with Crippen LogP contribution in [0.5, 0.6) is 5.75 Å². The molecule has 0 saturated carbocycles. The molecule has 1 saturated heterocycles. The molecule has 2 heterocycles. The summed E-state index contributed by atoms with van der Waals surface area (Å²) in [7, 11) is 0. The highest BCUT2D eigenvalue weighted by molar-refractivity contribution is 5.94. The summed E-state index contributed by atoms with van der Waals surface area (Å²) in [5, 5.41) is 2.54. The van der Waals surface area contributed by atoms with Gasteiger partial charge in [-0.25, -0.2) is 13.6 Å². The minimum Gasteiger partial charge on any atom is -0.466 e. The second-order valence-electron chi connectivity index (χ2n) is 7.15. The minimum atomic E-state index is -0.906. The van der Waals surface area contributed by atoms with E-state index in [1.54, 1.807) is 0 Å². The van der Waals surface area contributed by atoms with Crippen LogP contribution < -0.4 is 10.1 Å². The SMILES string of the molecule is CC(=O)NC[C@@H]1OC(=O)N2Cc3c(cc(F)c(-c4ccc(C(C)=O)cc4)c3F)O[C@@H]12. The molecule has 2 aromatic carbocycles. The Balaban J connectivity index is 1.68. The van der Waals surface area contributed by atoms with E-state index in [9.17, 15) is 18.8 Å². The highest BCUT2D eigenvalue weighted by atomic mass is 19.1. The number of carbonyl (C=O) groups is 3. The van der Waals surface area contributed by atoms with Crippen molar-refractivity contribution in [3.63, 3.8) is 0 Å². The normalized spacial score (nSPS) is 19.5. The first kappa shape index (κ1) is 19.8. The largest absolute Gasteiger partial charge is 0.466 e. The number of ketones is 1. The van der Waals surface area contributed by atoms with E-state index in [0.29, 0.717) is 5.56 Å². The van der Waals surface area contributed by atoms with Crippen LogP contribution >= 0.6 is 0 Å². The minimum absolute atomic E-state index is 0.0170. The Morgan fingerprint density at radius 1 is 1.17 bits per heavy atom. The summed E-state index contributed by atoms with van der Waals surface area (Å²) in [5.74, 6) is -2.18. The molecule has 1 fully saturated rings. The molecule has 2 aliphatic rings. The van der Waals surface area contributed by atoms with E-state index >= 15 is 4.39 Å². The third-order valence-corrected chi connectivity index (χ3v) is 5.10. The monoisotopic (exact) mass is 416 g/mol. The van der Waals surface area contributed by atoms with Crippen molar-refractivity contribution in [2.45, 2.75) is 32.7 Å². The van der Waals surface area contributed by atoms with E-state index in [1.807, 2.05) is 0 Å². The van der Waals surface area contributed by atoms with E-state index in [0.717, 1.165) is 6.07 Å². The van der Waals surface area contributed by atoms with Crippen LogP contribution in [0.25, 0.3) is 11.1 Å². The average molecular weight is 416 g/mol. The number of ether oxygens (including phenoxy) is 2. The summed E-state index contributed by atoms with van der Waals surface area (Å²) in [6.07, 6.45) is -2.42. The van der Waals surface area contributed by atoms with Crippen LogP contribution in [0, 0.1) is 11.6 Å². The summed E-state index contributed by atoms with van der Waals surface area (Å²) >= 11 is 0. The summed E-state index contributed by atoms with van der Waals surface area (Å²) in [6.45, 7) is 2.57. The highest BCUT2D eigenvalue weighted by Gasteiger charge is 2.47. The summed E-state index contributed by atoms with van der Waals surface area (Å²) in [4.78, 5) is 35.9. The molecule has 0 spiro atoms. The van der Waals surface area contributed by atoms with Gasteiger partial charge in [-0.15, -0.1) is 0 Å². The molecule has 0 aliphatic carbocycles. The Morgan fingerprint density at radius 2 is 1.87 bits per heavy atom. The van der Waals surface area contributed by atoms with Crippen LogP contribution in [0.15, 0.2) is 30.3 Å². The van der Waals surface area contributed by atoms with E-state index in [1.165, 1.54) is 43.0 Å². The van der Waals surface area contributed by atoms with E-state index in [2.05, 4.69) is 5.32 Å². The molecule has 9 heteroatoms. The van der Waals surface area contributed by atoms with Gasteiger partial charge in [0.15, 0.2) is 11.9 Å². The lowest BCUT2D eigenvalue weighted by Crippen LogP contribution is -2.47. The summed E-state index contributed by atoms with van der Waals surface area (Å²) in [5.41, 5.74) is 0.435. The molecule has 0 radical (unpaired) electrons. The molecule has 7 nitrogen and oxygen atoms in total. The second kappa shape index (κ2) is 7.40. The maximum Gasteiger partial charge on any atom is 0.413 e. The molecule has 2 amide bonds. The topological polar surface area (TPSA) is 84.9 Å². The zero-order valence-corrected chi connectivity index (χ0v) is 16.2. The first-order chi connectivity index (χ1) is 14.3. The predicted molar refractivity (Wildman–Crippen MR) is 101 cm³/mol. The van der Waals surface area contributed by atoms with E-state index in [4.69, 9.17) is 9.47 Å². The van der Waals surface area contributed by atoms with Crippen molar-refractivity contribution in [2.24, 2.45) is 0 Å². The van der Waals surface area contributed by atoms with Crippen molar-refractivity contribution in [3.05, 3.63) is 53.1 Å². The molecule has 30 heavy (non-hydrogen) atoms. The third-order valence-electron chi connectivity index (χ3n) is 5.10. The standard InChI is InChI=1S/C21H18F2N2O5/c1-10(26)12-3-5-13(6-4-12)18-15(22)7-16-14(19(18)23)9-25-20(29-16)17(30-21(25)28)8-24-11(2)27/h3-7,17,20H,8-9H2,1-2H3,(H,24,27)/t17-,20-/m0/s1. The van der Waals surface area contributed by atoms with Crippen molar-refractivity contribution >= 4 is 17.8 Å². The molecule has 2 aromatic rings. The fourth-order valence-electron chi connectivity index (χ4n) is 3.57. The molecule has 156 valence electrons. The molecule has 0 bridgehead atoms. The van der Waals surface area contributed by atoms with Gasteiger partial charge in [0, 0.05) is 18.6 Å². The zero-order chi connectivity index (χ0) is 21.6. The van der Waals surface area contributed by atoms with E-state index < -0.39 is 30.1 Å². The fourth-order valence-corrected chi connectivity index (χ4v) is 3.57. The lowest BCUT2D eigenvalue weighted by molar-refractivity contribution is -0.119. The lowest BCUT2D eigenvalue weighted by Gasteiger charge is -2.32. The maximum atomic E-state index is 15.3. The number of hydrogen-bond acceptors (Lipinski definition) is 5. The molecule has 0 unspecified atom stereocenters. The van der Waals surface area contributed by atoms with Gasteiger partial charge in [-0.05, 0) is 12.5 Å². The Hall–Kier alpha value is -3.49. The van der Waals surface area contributed by atoms with Crippen molar-refractivity contribution in [1.82, 2.24) is 10.2 Å². The molecule has 2 aliphatic heterocycles. The van der Waals surface area contributed by atoms with Crippen molar-refractivity contribution < 1.29 is 32.6 Å². The Labute approximate surface area is 170 Å². The maximum absolute atomic E-state index is 15.3. The zero-order valence-electron chi connectivity index (χ0n) is 16.2. The van der Waals surface area contributed by atoms with Crippen LogP contribution in [0.1, 0.15) is 29.8 Å². The number of nitrogens with one attached hydrogen (secondary N) is 1.